The molecule has 0 fully saturated rings. The van der Waals surface area contributed by atoms with Crippen molar-refractivity contribution in [1.82, 2.24) is 20.1 Å². The van der Waals surface area contributed by atoms with E-state index in [4.69, 9.17) is 0 Å². The highest BCUT2D eigenvalue weighted by Gasteiger charge is 2.17. The summed E-state index contributed by atoms with van der Waals surface area (Å²) in [6.45, 7) is 1.80. The van der Waals surface area contributed by atoms with E-state index in [2.05, 4.69) is 20.7 Å². The number of phenolic OH excluding ortho intramolecular Hbond substituents is 1. The average molecular weight is 463 g/mol. The van der Waals surface area contributed by atoms with E-state index in [0.717, 1.165) is 23.4 Å². The predicted molar refractivity (Wildman–Crippen MR) is 120 cm³/mol. The van der Waals surface area contributed by atoms with Crippen molar-refractivity contribution in [2.24, 2.45) is 0 Å². The fourth-order valence-corrected chi connectivity index (χ4v) is 3.30. The molecule has 1 atom stereocenters. The van der Waals surface area contributed by atoms with Crippen molar-refractivity contribution in [3.8, 4) is 11.4 Å². The van der Waals surface area contributed by atoms with Gasteiger partial charge in [0.15, 0.2) is 0 Å². The van der Waals surface area contributed by atoms with Crippen LogP contribution < -0.4 is 10.6 Å². The second kappa shape index (κ2) is 9.49. The van der Waals surface area contributed by atoms with Crippen LogP contribution in [0.2, 0.25) is 0 Å². The van der Waals surface area contributed by atoms with E-state index in [-0.39, 0.29) is 28.6 Å². The fourth-order valence-electron chi connectivity index (χ4n) is 3.30. The number of hydrogen-bond acceptors (Lipinski definition) is 5. The topological polar surface area (TPSA) is 109 Å². The van der Waals surface area contributed by atoms with Crippen LogP contribution in [0.3, 0.4) is 0 Å². The lowest BCUT2D eigenvalue weighted by Crippen LogP contribution is -2.26. The molecule has 0 aliphatic heterocycles. The second-order valence-corrected chi connectivity index (χ2v) is 7.47. The Kier molecular flexibility index (Phi) is 6.30. The highest BCUT2D eigenvalue weighted by molar-refractivity contribution is 6.05. The van der Waals surface area contributed by atoms with E-state index in [1.165, 1.54) is 24.5 Å². The van der Waals surface area contributed by atoms with Crippen molar-refractivity contribution in [2.45, 2.75) is 13.0 Å². The summed E-state index contributed by atoms with van der Waals surface area (Å²) in [5.41, 5.74) is 1.59. The van der Waals surface area contributed by atoms with Crippen LogP contribution in [0.4, 0.5) is 14.5 Å². The van der Waals surface area contributed by atoms with Crippen LogP contribution in [0, 0.1) is 11.6 Å². The summed E-state index contributed by atoms with van der Waals surface area (Å²) in [7, 11) is 0. The summed E-state index contributed by atoms with van der Waals surface area (Å²) in [4.78, 5) is 28.8. The predicted octanol–water partition coefficient (Wildman–Crippen LogP) is 3.99. The van der Waals surface area contributed by atoms with Gasteiger partial charge < -0.3 is 15.7 Å². The smallest absolute Gasteiger partial charge is 0.255 e. The Morgan fingerprint density at radius 3 is 2.29 bits per heavy atom. The number of carbonyl (C=O) groups excluding carboxylic acids is 2. The third-order valence-corrected chi connectivity index (χ3v) is 5.05. The Bertz CT molecular complexity index is 1320. The zero-order valence-corrected chi connectivity index (χ0v) is 17.9. The van der Waals surface area contributed by atoms with E-state index < -0.39 is 23.4 Å². The number of hydrogen-bond donors (Lipinski definition) is 3. The molecule has 0 aliphatic carbocycles. The summed E-state index contributed by atoms with van der Waals surface area (Å²) in [5, 5.41) is 19.6. The molecule has 2 amide bonds. The van der Waals surface area contributed by atoms with Gasteiger partial charge in [-0.15, -0.1) is 0 Å². The first-order valence-electron chi connectivity index (χ1n) is 10.2. The minimum atomic E-state index is -0.887. The molecule has 172 valence electrons. The number of aromatic hydroxyl groups is 1. The Labute approximate surface area is 192 Å². The van der Waals surface area contributed by atoms with Crippen molar-refractivity contribution in [1.29, 1.82) is 0 Å². The van der Waals surface area contributed by atoms with Crippen LogP contribution in [0.25, 0.3) is 5.69 Å². The maximum Gasteiger partial charge on any atom is 0.255 e. The van der Waals surface area contributed by atoms with Gasteiger partial charge in [-0.05, 0) is 48.9 Å². The highest BCUT2D eigenvalue weighted by Crippen LogP contribution is 2.24. The maximum absolute atomic E-state index is 13.3. The standard InChI is InChI=1S/C24H19F2N5O3/c1-14(15-2-5-20(6-3-15)31-13-27-12-28-31)29-24(34)21-7-4-19(11-22(21)32)30-23(33)16-8-17(25)10-18(26)9-16/h2-14,32H,1H3,(H,29,34)(H,30,33). The van der Waals surface area contributed by atoms with Crippen LogP contribution in [0.5, 0.6) is 5.75 Å². The van der Waals surface area contributed by atoms with Crippen molar-refractivity contribution < 1.29 is 23.5 Å². The number of nitrogens with one attached hydrogen (secondary N) is 2. The number of benzene rings is 3. The molecular formula is C24H19F2N5O3. The van der Waals surface area contributed by atoms with Gasteiger partial charge in [0, 0.05) is 23.4 Å². The van der Waals surface area contributed by atoms with E-state index >= 15 is 0 Å². The third kappa shape index (κ3) is 5.07. The molecule has 3 N–H and O–H groups in total. The van der Waals surface area contributed by atoms with Crippen molar-refractivity contribution >= 4 is 17.5 Å². The Morgan fingerprint density at radius 2 is 1.68 bits per heavy atom. The van der Waals surface area contributed by atoms with Crippen LogP contribution in [0.15, 0.2) is 73.3 Å². The molecule has 3 aromatic carbocycles. The number of carbonyl (C=O) groups is 2. The summed E-state index contributed by atoms with van der Waals surface area (Å²) in [6.07, 6.45) is 3.01. The van der Waals surface area contributed by atoms with Crippen molar-refractivity contribution in [2.75, 3.05) is 5.32 Å². The number of rotatable bonds is 6. The van der Waals surface area contributed by atoms with E-state index in [0.29, 0.717) is 6.07 Å². The van der Waals surface area contributed by atoms with Gasteiger partial charge in [0.1, 0.15) is 30.0 Å². The largest absolute Gasteiger partial charge is 0.507 e. The molecule has 4 aromatic rings. The zero-order valence-electron chi connectivity index (χ0n) is 17.9. The molecule has 0 radical (unpaired) electrons. The minimum Gasteiger partial charge on any atom is -0.507 e. The van der Waals surface area contributed by atoms with Crippen molar-refractivity contribution in [3.63, 3.8) is 0 Å². The maximum atomic E-state index is 13.3. The first-order valence-corrected chi connectivity index (χ1v) is 10.2. The van der Waals surface area contributed by atoms with Gasteiger partial charge in [-0.2, -0.15) is 5.10 Å². The Morgan fingerprint density at radius 1 is 0.971 bits per heavy atom. The van der Waals surface area contributed by atoms with Crippen LogP contribution in [-0.2, 0) is 0 Å². The fraction of sp³-hybridized carbons (Fsp3) is 0.0833. The summed E-state index contributed by atoms with van der Waals surface area (Å²) in [5.74, 6) is -3.42. The molecule has 1 aromatic heterocycles. The van der Waals surface area contributed by atoms with Gasteiger partial charge in [-0.25, -0.2) is 18.4 Å². The first kappa shape index (κ1) is 22.6. The SMILES string of the molecule is CC(NC(=O)c1ccc(NC(=O)c2cc(F)cc(F)c2)cc1O)c1ccc(-n2cncn2)cc1. The normalized spacial score (nSPS) is 11.6. The minimum absolute atomic E-state index is 0.000819. The number of phenols is 1. The van der Waals surface area contributed by atoms with Crippen LogP contribution in [-0.4, -0.2) is 31.7 Å². The Balaban J connectivity index is 1.42. The lowest BCUT2D eigenvalue weighted by molar-refractivity contribution is 0.0936. The van der Waals surface area contributed by atoms with Crippen molar-refractivity contribution in [3.05, 3.63) is 102 Å². The monoisotopic (exact) mass is 463 g/mol. The van der Waals surface area contributed by atoms with Gasteiger partial charge in [0.25, 0.3) is 11.8 Å². The molecular weight excluding hydrogens is 444 g/mol. The summed E-state index contributed by atoms with van der Waals surface area (Å²) in [6, 6.07) is 13.4. The number of nitrogens with zero attached hydrogens (tertiary/aromatic N) is 3. The van der Waals surface area contributed by atoms with Gasteiger partial charge in [-0.1, -0.05) is 12.1 Å². The van der Waals surface area contributed by atoms with Crippen LogP contribution in [0.1, 0.15) is 39.2 Å². The van der Waals surface area contributed by atoms with Crippen LogP contribution >= 0.6 is 0 Å². The molecule has 0 spiro atoms. The van der Waals surface area contributed by atoms with E-state index in [9.17, 15) is 23.5 Å². The molecule has 4 rings (SSSR count). The van der Waals surface area contributed by atoms with Gasteiger partial charge in [0.05, 0.1) is 17.3 Å². The number of halogens is 2. The van der Waals surface area contributed by atoms with E-state index in [1.807, 2.05) is 24.3 Å². The molecule has 10 heteroatoms. The molecule has 0 saturated carbocycles. The third-order valence-electron chi connectivity index (χ3n) is 5.05. The molecule has 1 heterocycles. The summed E-state index contributed by atoms with van der Waals surface area (Å²) >= 11 is 0. The number of aromatic nitrogens is 3. The molecule has 34 heavy (non-hydrogen) atoms. The molecule has 0 aliphatic rings. The average Bonchev–Trinajstić information content (AvgIpc) is 3.33. The summed E-state index contributed by atoms with van der Waals surface area (Å²) < 4.78 is 28.3. The lowest BCUT2D eigenvalue weighted by atomic mass is 10.1. The first-order chi connectivity index (χ1) is 16.3. The second-order valence-electron chi connectivity index (χ2n) is 7.47. The lowest BCUT2D eigenvalue weighted by Gasteiger charge is -2.16. The Hall–Kier alpha value is -4.60. The highest BCUT2D eigenvalue weighted by atomic mass is 19.1. The van der Waals surface area contributed by atoms with Gasteiger partial charge >= 0.3 is 0 Å². The molecule has 0 saturated heterocycles. The van der Waals surface area contributed by atoms with Gasteiger partial charge in [0.2, 0.25) is 0 Å². The molecule has 8 nitrogen and oxygen atoms in total. The molecule has 0 bridgehead atoms. The number of anilines is 1. The molecule has 1 unspecified atom stereocenters. The number of amides is 2. The van der Waals surface area contributed by atoms with E-state index in [1.54, 1.807) is 17.9 Å². The quantitative estimate of drug-likeness (QED) is 0.401. The zero-order chi connectivity index (χ0) is 24.2. The van der Waals surface area contributed by atoms with Gasteiger partial charge in [-0.3, -0.25) is 9.59 Å².